The van der Waals surface area contributed by atoms with Crippen LogP contribution >= 0.6 is 25.1 Å². The van der Waals surface area contributed by atoms with Crippen molar-refractivity contribution in [1.29, 1.82) is 0 Å². The SMILES string of the molecule is CCNC(=O)[C@]1(c2ccccc2)CC[C@@H](C(=O)N2CC[C@@H](NC(=O)c3cc(Cl)c(N)cc3OC)[C@@H](OC)C2)c2ccccc21.S. The first-order valence-electron chi connectivity index (χ1n) is 14.9. The molecule has 3 aromatic rings. The number of halogens is 1. The summed E-state index contributed by atoms with van der Waals surface area (Å²) in [5, 5.41) is 6.35. The third-order valence-electron chi connectivity index (χ3n) is 8.95. The number of likely N-dealkylation sites (N-methyl/N-ethyl adjacent to an activating group) is 1. The molecule has 3 amide bonds. The van der Waals surface area contributed by atoms with Gasteiger partial charge >= 0.3 is 0 Å². The molecule has 4 N–H and O–H groups in total. The number of anilines is 1. The van der Waals surface area contributed by atoms with Crippen LogP contribution in [0.15, 0.2) is 66.7 Å². The summed E-state index contributed by atoms with van der Waals surface area (Å²) in [5.74, 6) is -0.503. The standard InChI is InChI=1S/C34H39ClN4O5.H2S/c1-4-37-33(42)34(21-10-6-5-7-11-21)16-14-23(22-12-8-9-13-25(22)34)32(41)39-17-15-28(30(20-39)44-3)38-31(40)24-18-26(35)27(36)19-29(24)43-2;/h5-13,18-19,23,28,30H,4,14-17,20,36H2,1-3H3,(H,37,42)(H,38,40);1H2/t23-,28-,30+,34+;/m1./s1. The molecule has 4 atom stereocenters. The molecule has 9 nitrogen and oxygen atoms in total. The van der Waals surface area contributed by atoms with Crippen molar-refractivity contribution in [2.24, 2.45) is 0 Å². The molecule has 3 aromatic carbocycles. The van der Waals surface area contributed by atoms with Gasteiger partial charge in [0.25, 0.3) is 5.91 Å². The van der Waals surface area contributed by atoms with E-state index in [-0.39, 0.29) is 47.8 Å². The monoisotopic (exact) mass is 652 g/mol. The van der Waals surface area contributed by atoms with Crippen molar-refractivity contribution in [3.8, 4) is 5.75 Å². The van der Waals surface area contributed by atoms with Gasteiger partial charge in [-0.3, -0.25) is 14.4 Å². The Labute approximate surface area is 276 Å². The molecule has 1 fully saturated rings. The summed E-state index contributed by atoms with van der Waals surface area (Å²) in [6.07, 6.45) is 1.10. The number of hydrogen-bond donors (Lipinski definition) is 3. The van der Waals surface area contributed by atoms with Crippen LogP contribution < -0.4 is 21.1 Å². The number of piperidine rings is 1. The summed E-state index contributed by atoms with van der Waals surface area (Å²) in [4.78, 5) is 43.0. The predicted octanol–water partition coefficient (Wildman–Crippen LogP) is 4.39. The molecule has 1 aliphatic carbocycles. The van der Waals surface area contributed by atoms with Gasteiger partial charge in [-0.2, -0.15) is 13.5 Å². The van der Waals surface area contributed by atoms with Crippen molar-refractivity contribution >= 4 is 48.5 Å². The number of nitrogens with two attached hydrogens (primary N) is 1. The fourth-order valence-corrected chi connectivity index (χ4v) is 6.86. The maximum absolute atomic E-state index is 14.2. The Bertz CT molecular complexity index is 1540. The highest BCUT2D eigenvalue weighted by Crippen LogP contribution is 2.48. The van der Waals surface area contributed by atoms with Crippen LogP contribution in [0, 0.1) is 0 Å². The molecular formula is C34H41ClN4O5S. The number of amides is 3. The van der Waals surface area contributed by atoms with Gasteiger partial charge in [0, 0.05) is 32.8 Å². The van der Waals surface area contributed by atoms with E-state index in [2.05, 4.69) is 10.6 Å². The average molecular weight is 653 g/mol. The van der Waals surface area contributed by atoms with E-state index in [0.29, 0.717) is 50.3 Å². The van der Waals surface area contributed by atoms with Gasteiger partial charge in [-0.1, -0.05) is 66.2 Å². The predicted molar refractivity (Wildman–Crippen MR) is 180 cm³/mol. The van der Waals surface area contributed by atoms with Crippen LogP contribution in [0.3, 0.4) is 0 Å². The van der Waals surface area contributed by atoms with Gasteiger partial charge in [0.2, 0.25) is 11.8 Å². The van der Waals surface area contributed by atoms with E-state index in [9.17, 15) is 14.4 Å². The maximum atomic E-state index is 14.2. The zero-order valence-corrected chi connectivity index (χ0v) is 27.5. The molecule has 0 unspecified atom stereocenters. The van der Waals surface area contributed by atoms with Gasteiger partial charge in [-0.25, -0.2) is 0 Å². The summed E-state index contributed by atoms with van der Waals surface area (Å²) in [6.45, 7) is 3.19. The zero-order chi connectivity index (χ0) is 31.4. The number of fused-ring (bicyclic) bond motifs is 1. The Morgan fingerprint density at radius 2 is 1.76 bits per heavy atom. The Kier molecular flexibility index (Phi) is 11.1. The number of likely N-dealkylation sites (tertiary alicyclic amines) is 1. The fraction of sp³-hybridized carbons (Fsp3) is 0.382. The topological polar surface area (TPSA) is 123 Å². The molecule has 1 aliphatic heterocycles. The lowest BCUT2D eigenvalue weighted by molar-refractivity contribution is -0.138. The Morgan fingerprint density at radius 1 is 1.04 bits per heavy atom. The van der Waals surface area contributed by atoms with Crippen molar-refractivity contribution < 1.29 is 23.9 Å². The van der Waals surface area contributed by atoms with E-state index in [4.69, 9.17) is 26.8 Å². The summed E-state index contributed by atoms with van der Waals surface area (Å²) in [7, 11) is 3.04. The highest BCUT2D eigenvalue weighted by Gasteiger charge is 2.49. The first kappa shape index (κ1) is 34.1. The lowest BCUT2D eigenvalue weighted by atomic mass is 9.62. The first-order chi connectivity index (χ1) is 21.2. The van der Waals surface area contributed by atoms with E-state index in [1.54, 1.807) is 7.11 Å². The number of rotatable bonds is 8. The molecule has 240 valence electrons. The van der Waals surface area contributed by atoms with E-state index in [1.807, 2.05) is 66.4 Å². The van der Waals surface area contributed by atoms with Crippen LogP contribution in [0.5, 0.6) is 5.75 Å². The molecule has 0 saturated carbocycles. The van der Waals surface area contributed by atoms with Crippen molar-refractivity contribution in [3.63, 3.8) is 0 Å². The molecule has 0 bridgehead atoms. The second-order valence-electron chi connectivity index (χ2n) is 11.3. The van der Waals surface area contributed by atoms with Crippen molar-refractivity contribution in [3.05, 3.63) is 94.0 Å². The number of benzene rings is 3. The number of carbonyl (C=O) groups is 3. The van der Waals surface area contributed by atoms with Crippen LogP contribution in [0.4, 0.5) is 5.69 Å². The normalized spacial score (nSPS) is 22.4. The number of nitrogens with one attached hydrogen (secondary N) is 2. The lowest BCUT2D eigenvalue weighted by Crippen LogP contribution is -2.57. The lowest BCUT2D eigenvalue weighted by Gasteiger charge is -2.43. The van der Waals surface area contributed by atoms with Crippen LogP contribution in [0.25, 0.3) is 0 Å². The molecule has 1 saturated heterocycles. The van der Waals surface area contributed by atoms with Gasteiger partial charge in [0.1, 0.15) is 5.75 Å². The molecule has 0 radical (unpaired) electrons. The van der Waals surface area contributed by atoms with Gasteiger partial charge in [-0.15, -0.1) is 0 Å². The second-order valence-corrected chi connectivity index (χ2v) is 11.7. The maximum Gasteiger partial charge on any atom is 0.255 e. The fourth-order valence-electron chi connectivity index (χ4n) is 6.70. The average Bonchev–Trinajstić information content (AvgIpc) is 3.05. The van der Waals surface area contributed by atoms with Crippen molar-refractivity contribution in [2.75, 3.05) is 39.6 Å². The smallest absolute Gasteiger partial charge is 0.255 e. The van der Waals surface area contributed by atoms with Crippen LogP contribution in [0.1, 0.15) is 59.2 Å². The molecule has 45 heavy (non-hydrogen) atoms. The van der Waals surface area contributed by atoms with Gasteiger partial charge in [0.05, 0.1) is 46.9 Å². The molecule has 1 heterocycles. The molecular weight excluding hydrogens is 612 g/mol. The highest BCUT2D eigenvalue weighted by atomic mass is 35.5. The minimum absolute atomic E-state index is 0. The molecule has 2 aliphatic rings. The minimum atomic E-state index is -0.886. The van der Waals surface area contributed by atoms with Gasteiger partial charge < -0.3 is 30.7 Å². The number of ether oxygens (including phenoxy) is 2. The summed E-state index contributed by atoms with van der Waals surface area (Å²) in [5.41, 5.74) is 8.23. The van der Waals surface area contributed by atoms with Crippen LogP contribution in [-0.4, -0.2) is 68.6 Å². The number of nitrogen functional groups attached to an aromatic ring is 1. The Balaban J connectivity index is 0.00000461. The summed E-state index contributed by atoms with van der Waals surface area (Å²) >= 11 is 6.18. The molecule has 5 rings (SSSR count). The third kappa shape index (κ3) is 6.50. The third-order valence-corrected chi connectivity index (χ3v) is 9.27. The van der Waals surface area contributed by atoms with Crippen LogP contribution in [-0.2, 0) is 19.7 Å². The Hall–Kier alpha value is -3.73. The second kappa shape index (κ2) is 14.6. The van der Waals surface area contributed by atoms with Crippen molar-refractivity contribution in [1.82, 2.24) is 15.5 Å². The van der Waals surface area contributed by atoms with Gasteiger partial charge in [0.15, 0.2) is 0 Å². The van der Waals surface area contributed by atoms with Gasteiger partial charge in [-0.05, 0) is 48.9 Å². The number of hydrogen-bond acceptors (Lipinski definition) is 6. The van der Waals surface area contributed by atoms with Crippen molar-refractivity contribution in [2.45, 2.75) is 49.7 Å². The highest BCUT2D eigenvalue weighted by molar-refractivity contribution is 7.59. The van der Waals surface area contributed by atoms with Crippen LogP contribution in [0.2, 0.25) is 5.02 Å². The molecule has 0 aromatic heterocycles. The number of carbonyl (C=O) groups excluding carboxylic acids is 3. The Morgan fingerprint density at radius 3 is 2.44 bits per heavy atom. The van der Waals surface area contributed by atoms with E-state index < -0.39 is 17.4 Å². The zero-order valence-electron chi connectivity index (χ0n) is 25.8. The number of nitrogens with zero attached hydrogens (tertiary/aromatic N) is 1. The summed E-state index contributed by atoms with van der Waals surface area (Å²) in [6, 6.07) is 20.3. The van der Waals surface area contributed by atoms with E-state index in [1.165, 1.54) is 19.2 Å². The van der Waals surface area contributed by atoms with E-state index >= 15 is 0 Å². The largest absolute Gasteiger partial charge is 0.496 e. The molecule has 0 spiro atoms. The summed E-state index contributed by atoms with van der Waals surface area (Å²) < 4.78 is 11.1. The van der Waals surface area contributed by atoms with E-state index in [0.717, 1.165) is 16.7 Å². The molecule has 11 heteroatoms. The number of methoxy groups -OCH3 is 2. The minimum Gasteiger partial charge on any atom is -0.496 e. The first-order valence-corrected chi connectivity index (χ1v) is 15.3. The quantitative estimate of drug-likeness (QED) is 0.310.